The number of rotatable bonds is 2. The van der Waals surface area contributed by atoms with Gasteiger partial charge in [0.1, 0.15) is 5.78 Å². The number of Topliss-reactive ketones (excluding diaryl/α,β-unsaturated/α-hetero) is 1. The van der Waals surface area contributed by atoms with Crippen LogP contribution in [0.4, 0.5) is 0 Å². The summed E-state index contributed by atoms with van der Waals surface area (Å²) >= 11 is 0. The van der Waals surface area contributed by atoms with Crippen molar-refractivity contribution in [2.45, 2.75) is 79.1 Å². The summed E-state index contributed by atoms with van der Waals surface area (Å²) < 4.78 is 0. The predicted molar refractivity (Wildman–Crippen MR) is 104 cm³/mol. The third-order valence-electron chi connectivity index (χ3n) is 9.85. The van der Waals surface area contributed by atoms with Crippen molar-refractivity contribution >= 4 is 5.78 Å². The molecule has 4 aliphatic carbocycles. The van der Waals surface area contributed by atoms with E-state index in [-0.39, 0.29) is 5.41 Å². The van der Waals surface area contributed by atoms with Gasteiger partial charge in [-0.2, -0.15) is 0 Å². The van der Waals surface area contributed by atoms with Crippen molar-refractivity contribution in [1.82, 2.24) is 0 Å². The van der Waals surface area contributed by atoms with E-state index in [2.05, 4.69) is 46.4 Å². The average molecular weight is 341 g/mol. The summed E-state index contributed by atoms with van der Waals surface area (Å²) in [5.74, 6) is 3.46. The third-order valence-corrected chi connectivity index (χ3v) is 9.85. The van der Waals surface area contributed by atoms with Crippen LogP contribution < -0.4 is 0 Å². The lowest BCUT2D eigenvalue weighted by molar-refractivity contribution is -0.126. The summed E-state index contributed by atoms with van der Waals surface area (Å²) in [7, 11) is 0. The Morgan fingerprint density at radius 3 is 2.64 bits per heavy atom. The maximum absolute atomic E-state index is 12.2. The van der Waals surface area contributed by atoms with Crippen LogP contribution in [0.25, 0.3) is 0 Å². The van der Waals surface area contributed by atoms with Gasteiger partial charge in [0.25, 0.3) is 0 Å². The van der Waals surface area contributed by atoms with Crippen LogP contribution in [0, 0.1) is 39.9 Å². The summed E-state index contributed by atoms with van der Waals surface area (Å²) in [4.78, 5) is 12.2. The number of hydrogen-bond donors (Lipinski definition) is 0. The van der Waals surface area contributed by atoms with Crippen LogP contribution in [0.3, 0.4) is 0 Å². The van der Waals surface area contributed by atoms with Gasteiger partial charge in [-0.15, -0.1) is 6.58 Å². The van der Waals surface area contributed by atoms with Crippen LogP contribution in [-0.2, 0) is 4.79 Å². The summed E-state index contributed by atoms with van der Waals surface area (Å²) in [5.41, 5.74) is 2.67. The van der Waals surface area contributed by atoms with Gasteiger partial charge in [0.15, 0.2) is 0 Å². The van der Waals surface area contributed by atoms with Crippen molar-refractivity contribution in [2.75, 3.05) is 0 Å². The molecule has 0 N–H and O–H groups in total. The van der Waals surface area contributed by atoms with Gasteiger partial charge >= 0.3 is 0 Å². The van der Waals surface area contributed by atoms with E-state index in [0.29, 0.717) is 22.5 Å². The molecule has 3 saturated carbocycles. The third kappa shape index (κ3) is 2.17. The molecule has 7 atom stereocenters. The van der Waals surface area contributed by atoms with Gasteiger partial charge in [0, 0.05) is 12.8 Å². The Bertz CT molecular complexity index is 630. The number of ketones is 1. The highest BCUT2D eigenvalue weighted by molar-refractivity contribution is 5.83. The smallest absolute Gasteiger partial charge is 0.137 e. The summed E-state index contributed by atoms with van der Waals surface area (Å²) in [6, 6.07) is 0. The molecule has 138 valence electrons. The molecule has 0 aromatic rings. The Balaban J connectivity index is 1.70. The van der Waals surface area contributed by atoms with Crippen molar-refractivity contribution < 1.29 is 4.79 Å². The van der Waals surface area contributed by atoms with Gasteiger partial charge in [-0.05, 0) is 78.4 Å². The minimum Gasteiger partial charge on any atom is -0.299 e. The van der Waals surface area contributed by atoms with Crippen molar-refractivity contribution in [3.63, 3.8) is 0 Å². The Kier molecular flexibility index (Phi) is 3.91. The average Bonchev–Trinajstić information content (AvgIpc) is 2.81. The fourth-order valence-corrected chi connectivity index (χ4v) is 7.90. The minimum atomic E-state index is 0.273. The fourth-order valence-electron chi connectivity index (χ4n) is 7.90. The van der Waals surface area contributed by atoms with Gasteiger partial charge in [0.05, 0.1) is 0 Å². The summed E-state index contributed by atoms with van der Waals surface area (Å²) in [5, 5.41) is 0. The zero-order valence-corrected chi connectivity index (χ0v) is 16.7. The summed E-state index contributed by atoms with van der Waals surface area (Å²) in [6.45, 7) is 14.0. The maximum atomic E-state index is 12.2. The van der Waals surface area contributed by atoms with Crippen molar-refractivity contribution in [1.29, 1.82) is 0 Å². The number of allylic oxidation sites excluding steroid dienone is 3. The quantitative estimate of drug-likeness (QED) is 0.535. The standard InChI is InChI=1S/C24H36O/c1-6-11-22(3)12-9-20-19-8-7-17-15-18(25)14-16(2)24(17,5)21(19)10-13-23(20,22)4/h6-7,16,19-21H,1,8-15H2,2-5H3/t16-,19?,20?,21?,22?,23?,24-/m0/s1. The van der Waals surface area contributed by atoms with E-state index in [1.54, 1.807) is 0 Å². The molecule has 0 radical (unpaired) electrons. The number of carbonyl (C=O) groups excluding carboxylic acids is 1. The molecule has 5 unspecified atom stereocenters. The van der Waals surface area contributed by atoms with E-state index in [4.69, 9.17) is 0 Å². The SMILES string of the molecule is C=CCC1(C)CCC2C3CC=C4CC(=O)C[C@H](C)[C@]4(C)C3CCC21C. The molecule has 0 aromatic carbocycles. The van der Waals surface area contributed by atoms with Crippen LogP contribution in [-0.4, -0.2) is 5.78 Å². The molecule has 0 spiro atoms. The maximum Gasteiger partial charge on any atom is 0.137 e. The lowest BCUT2D eigenvalue weighted by Crippen LogP contribution is -2.53. The molecule has 0 aromatic heterocycles. The van der Waals surface area contributed by atoms with E-state index in [1.165, 1.54) is 44.1 Å². The van der Waals surface area contributed by atoms with Crippen molar-refractivity contribution in [2.24, 2.45) is 39.9 Å². The van der Waals surface area contributed by atoms with Gasteiger partial charge < -0.3 is 0 Å². The minimum absolute atomic E-state index is 0.273. The molecular weight excluding hydrogens is 304 g/mol. The zero-order valence-electron chi connectivity index (χ0n) is 16.7. The van der Waals surface area contributed by atoms with Crippen LogP contribution in [0.15, 0.2) is 24.3 Å². The van der Waals surface area contributed by atoms with E-state index < -0.39 is 0 Å². The number of fused-ring (bicyclic) bond motifs is 5. The lowest BCUT2D eigenvalue weighted by atomic mass is 9.44. The van der Waals surface area contributed by atoms with Crippen molar-refractivity contribution in [3.05, 3.63) is 24.3 Å². The Morgan fingerprint density at radius 2 is 1.92 bits per heavy atom. The van der Waals surface area contributed by atoms with Gasteiger partial charge in [-0.25, -0.2) is 0 Å². The second kappa shape index (κ2) is 5.57. The van der Waals surface area contributed by atoms with E-state index >= 15 is 0 Å². The first-order valence-electron chi connectivity index (χ1n) is 10.6. The van der Waals surface area contributed by atoms with Gasteiger partial charge in [-0.3, -0.25) is 4.79 Å². The molecule has 1 heteroatoms. The van der Waals surface area contributed by atoms with E-state index in [9.17, 15) is 4.79 Å². The first-order chi connectivity index (χ1) is 11.8. The molecule has 1 nitrogen and oxygen atoms in total. The second-order valence-electron chi connectivity index (χ2n) is 10.5. The van der Waals surface area contributed by atoms with E-state index in [0.717, 1.165) is 30.6 Å². The highest BCUT2D eigenvalue weighted by Gasteiger charge is 2.62. The first-order valence-corrected chi connectivity index (χ1v) is 10.6. The summed E-state index contributed by atoms with van der Waals surface area (Å²) in [6.07, 6.45) is 14.1. The first kappa shape index (κ1) is 17.6. The molecule has 0 aliphatic heterocycles. The number of hydrogen-bond acceptors (Lipinski definition) is 1. The molecule has 4 aliphatic rings. The number of carbonyl (C=O) groups is 1. The molecule has 0 heterocycles. The zero-order chi connectivity index (χ0) is 18.0. The molecule has 0 bridgehead atoms. The highest BCUT2D eigenvalue weighted by atomic mass is 16.1. The van der Waals surface area contributed by atoms with Crippen molar-refractivity contribution in [3.8, 4) is 0 Å². The monoisotopic (exact) mass is 340 g/mol. The molecular formula is C24H36O. The molecule has 0 amide bonds. The largest absolute Gasteiger partial charge is 0.299 e. The Morgan fingerprint density at radius 1 is 1.20 bits per heavy atom. The van der Waals surface area contributed by atoms with Crippen LogP contribution >= 0.6 is 0 Å². The normalized spacial score (nSPS) is 52.0. The fraction of sp³-hybridized carbons (Fsp3) is 0.792. The predicted octanol–water partition coefficient (Wildman–Crippen LogP) is 6.35. The Labute approximate surface area is 154 Å². The lowest BCUT2D eigenvalue weighted by Gasteiger charge is -2.60. The van der Waals surface area contributed by atoms with Crippen LogP contribution in [0.2, 0.25) is 0 Å². The van der Waals surface area contributed by atoms with Crippen LogP contribution in [0.5, 0.6) is 0 Å². The van der Waals surface area contributed by atoms with E-state index in [1.807, 2.05) is 0 Å². The molecule has 0 saturated heterocycles. The molecule has 3 fully saturated rings. The molecule has 25 heavy (non-hydrogen) atoms. The highest BCUT2D eigenvalue weighted by Crippen LogP contribution is 2.70. The molecule has 4 rings (SSSR count). The second-order valence-corrected chi connectivity index (χ2v) is 10.5. The Hall–Kier alpha value is -0.850. The van der Waals surface area contributed by atoms with Gasteiger partial charge in [-0.1, -0.05) is 45.4 Å². The van der Waals surface area contributed by atoms with Gasteiger partial charge in [0.2, 0.25) is 0 Å². The topological polar surface area (TPSA) is 17.1 Å². The van der Waals surface area contributed by atoms with Crippen LogP contribution in [0.1, 0.15) is 79.1 Å².